The number of hydrogen-bond donors (Lipinski definition) is 1. The van der Waals surface area contributed by atoms with E-state index in [0.29, 0.717) is 6.54 Å². The van der Waals surface area contributed by atoms with Crippen molar-refractivity contribution in [2.45, 2.75) is 77.6 Å². The van der Waals surface area contributed by atoms with Gasteiger partial charge in [-0.15, -0.1) is 11.3 Å². The summed E-state index contributed by atoms with van der Waals surface area (Å²) in [7, 11) is 1.90. The van der Waals surface area contributed by atoms with Gasteiger partial charge in [-0.25, -0.2) is 0 Å². The third-order valence-electron chi connectivity index (χ3n) is 6.23. The second kappa shape index (κ2) is 9.22. The summed E-state index contributed by atoms with van der Waals surface area (Å²) in [6.45, 7) is 3.35. The standard InChI is InChI=1S/C22H34N2O2S/c1-3-14-24(2)21(26)22(12-8-9-13-22)16-23-20(25)19-15-17-10-6-4-5-7-11-18(17)27-19/h15H,3-14,16H2,1-2H3,(H,23,25). The van der Waals surface area contributed by atoms with Crippen molar-refractivity contribution in [3.05, 3.63) is 21.4 Å². The zero-order valence-electron chi connectivity index (χ0n) is 16.9. The fourth-order valence-electron chi connectivity index (χ4n) is 4.65. The predicted molar refractivity (Wildman–Crippen MR) is 111 cm³/mol. The van der Waals surface area contributed by atoms with Gasteiger partial charge in [0.05, 0.1) is 10.3 Å². The Kier molecular flexibility index (Phi) is 6.96. The minimum atomic E-state index is -0.397. The number of nitrogens with one attached hydrogen (secondary N) is 1. The largest absolute Gasteiger partial charge is 0.350 e. The van der Waals surface area contributed by atoms with Gasteiger partial charge in [-0.2, -0.15) is 0 Å². The van der Waals surface area contributed by atoms with Crippen LogP contribution in [-0.4, -0.2) is 36.9 Å². The van der Waals surface area contributed by atoms with Crippen LogP contribution in [0.3, 0.4) is 0 Å². The Morgan fingerprint density at radius 1 is 1.11 bits per heavy atom. The fourth-order valence-corrected chi connectivity index (χ4v) is 5.82. The minimum absolute atomic E-state index is 0.00367. The first kappa shape index (κ1) is 20.4. The number of hydrogen-bond acceptors (Lipinski definition) is 3. The monoisotopic (exact) mass is 390 g/mol. The number of amides is 2. The van der Waals surface area contributed by atoms with Gasteiger partial charge in [0.1, 0.15) is 0 Å². The summed E-state index contributed by atoms with van der Waals surface area (Å²) < 4.78 is 0. The lowest BCUT2D eigenvalue weighted by molar-refractivity contribution is -0.140. The number of carbonyl (C=O) groups excluding carboxylic acids is 2. The molecule has 5 heteroatoms. The van der Waals surface area contributed by atoms with E-state index in [-0.39, 0.29) is 11.8 Å². The van der Waals surface area contributed by atoms with Crippen molar-refractivity contribution < 1.29 is 9.59 Å². The topological polar surface area (TPSA) is 49.4 Å². The third kappa shape index (κ3) is 4.74. The van der Waals surface area contributed by atoms with Gasteiger partial charge in [-0.3, -0.25) is 9.59 Å². The molecule has 1 fully saturated rings. The van der Waals surface area contributed by atoms with E-state index in [0.717, 1.165) is 56.4 Å². The molecule has 0 radical (unpaired) electrons. The van der Waals surface area contributed by atoms with Crippen LogP contribution in [0.1, 0.15) is 84.8 Å². The smallest absolute Gasteiger partial charge is 0.261 e. The predicted octanol–water partition coefficient (Wildman–Crippen LogP) is 4.57. The summed E-state index contributed by atoms with van der Waals surface area (Å²) in [5, 5.41) is 3.12. The Balaban J connectivity index is 1.66. The molecule has 0 spiro atoms. The van der Waals surface area contributed by atoms with Crippen molar-refractivity contribution in [3.8, 4) is 0 Å². The van der Waals surface area contributed by atoms with Crippen molar-refractivity contribution in [3.63, 3.8) is 0 Å². The van der Waals surface area contributed by atoms with Crippen molar-refractivity contribution in [2.24, 2.45) is 5.41 Å². The molecule has 1 N–H and O–H groups in total. The molecule has 4 nitrogen and oxygen atoms in total. The summed E-state index contributed by atoms with van der Waals surface area (Å²) in [6, 6.07) is 2.10. The summed E-state index contributed by atoms with van der Waals surface area (Å²) in [6.07, 6.45) is 12.2. The molecule has 1 heterocycles. The van der Waals surface area contributed by atoms with Crippen LogP contribution in [0, 0.1) is 5.41 Å². The van der Waals surface area contributed by atoms with Crippen LogP contribution in [0.2, 0.25) is 0 Å². The summed E-state index contributed by atoms with van der Waals surface area (Å²) >= 11 is 1.66. The quantitative estimate of drug-likeness (QED) is 0.774. The molecular formula is C22H34N2O2S. The van der Waals surface area contributed by atoms with Gasteiger partial charge >= 0.3 is 0 Å². The van der Waals surface area contributed by atoms with Crippen LogP contribution < -0.4 is 5.32 Å². The highest BCUT2D eigenvalue weighted by atomic mass is 32.1. The molecule has 2 aliphatic carbocycles. The molecule has 0 aromatic carbocycles. The van der Waals surface area contributed by atoms with Crippen LogP contribution in [0.15, 0.2) is 6.07 Å². The number of thiophene rings is 1. The van der Waals surface area contributed by atoms with E-state index in [4.69, 9.17) is 0 Å². The summed E-state index contributed by atoms with van der Waals surface area (Å²) in [4.78, 5) is 29.9. The molecule has 150 valence electrons. The first-order chi connectivity index (χ1) is 13.1. The van der Waals surface area contributed by atoms with E-state index in [1.807, 2.05) is 11.9 Å². The molecule has 27 heavy (non-hydrogen) atoms. The lowest BCUT2D eigenvalue weighted by Gasteiger charge is -2.32. The van der Waals surface area contributed by atoms with Crippen molar-refractivity contribution in [1.82, 2.24) is 10.2 Å². The second-order valence-electron chi connectivity index (χ2n) is 8.37. The first-order valence-corrected chi connectivity index (χ1v) is 11.5. The Morgan fingerprint density at radius 2 is 1.81 bits per heavy atom. The number of rotatable bonds is 6. The lowest BCUT2D eigenvalue weighted by Crippen LogP contribution is -2.47. The molecule has 3 rings (SSSR count). The molecule has 0 saturated heterocycles. The summed E-state index contributed by atoms with van der Waals surface area (Å²) in [5.74, 6) is 0.213. The molecule has 0 atom stereocenters. The molecule has 1 saturated carbocycles. The molecule has 0 bridgehead atoms. The number of carbonyl (C=O) groups is 2. The van der Waals surface area contributed by atoms with Crippen molar-refractivity contribution in [2.75, 3.05) is 20.1 Å². The van der Waals surface area contributed by atoms with E-state index in [9.17, 15) is 9.59 Å². The highest BCUT2D eigenvalue weighted by molar-refractivity contribution is 7.14. The average molecular weight is 391 g/mol. The van der Waals surface area contributed by atoms with Gasteiger partial charge in [-0.1, -0.05) is 32.6 Å². The van der Waals surface area contributed by atoms with Crippen LogP contribution >= 0.6 is 11.3 Å². The van der Waals surface area contributed by atoms with E-state index in [1.54, 1.807) is 11.3 Å². The zero-order chi connectivity index (χ0) is 19.3. The van der Waals surface area contributed by atoms with Gasteiger partial charge in [0, 0.05) is 25.0 Å². The van der Waals surface area contributed by atoms with Gasteiger partial charge in [0.25, 0.3) is 5.91 Å². The Morgan fingerprint density at radius 3 is 2.52 bits per heavy atom. The van der Waals surface area contributed by atoms with E-state index in [1.165, 1.54) is 36.1 Å². The molecule has 1 aromatic rings. The fraction of sp³-hybridized carbons (Fsp3) is 0.727. The van der Waals surface area contributed by atoms with Gasteiger partial charge < -0.3 is 10.2 Å². The average Bonchev–Trinajstić information content (AvgIpc) is 3.27. The zero-order valence-corrected chi connectivity index (χ0v) is 17.8. The third-order valence-corrected chi connectivity index (χ3v) is 7.46. The summed E-state index contributed by atoms with van der Waals surface area (Å²) in [5.41, 5.74) is 0.977. The molecular weight excluding hydrogens is 356 g/mol. The van der Waals surface area contributed by atoms with Crippen molar-refractivity contribution in [1.29, 1.82) is 0 Å². The lowest BCUT2D eigenvalue weighted by atomic mass is 9.84. The van der Waals surface area contributed by atoms with Crippen LogP contribution in [0.25, 0.3) is 0 Å². The SMILES string of the molecule is CCCN(C)C(=O)C1(CNC(=O)c2cc3c(s2)CCCCCC3)CCCC1. The van der Waals surface area contributed by atoms with Gasteiger partial charge in [0.15, 0.2) is 0 Å². The maximum atomic E-state index is 13.0. The van der Waals surface area contributed by atoms with Gasteiger partial charge in [0.2, 0.25) is 5.91 Å². The number of fused-ring (bicyclic) bond motifs is 1. The normalized spacial score (nSPS) is 19.0. The molecule has 2 aliphatic rings. The highest BCUT2D eigenvalue weighted by Gasteiger charge is 2.42. The maximum Gasteiger partial charge on any atom is 0.261 e. The van der Waals surface area contributed by atoms with Crippen molar-refractivity contribution >= 4 is 23.2 Å². The number of nitrogens with zero attached hydrogens (tertiary/aromatic N) is 1. The van der Waals surface area contributed by atoms with Crippen LogP contribution in [0.4, 0.5) is 0 Å². The maximum absolute atomic E-state index is 13.0. The first-order valence-electron chi connectivity index (χ1n) is 10.7. The Bertz CT molecular complexity index is 636. The number of aryl methyl sites for hydroxylation is 2. The Hall–Kier alpha value is -1.36. The molecule has 0 unspecified atom stereocenters. The van der Waals surface area contributed by atoms with E-state index in [2.05, 4.69) is 18.3 Å². The minimum Gasteiger partial charge on any atom is -0.350 e. The highest BCUT2D eigenvalue weighted by Crippen LogP contribution is 2.39. The van der Waals surface area contributed by atoms with Crippen LogP contribution in [-0.2, 0) is 17.6 Å². The van der Waals surface area contributed by atoms with E-state index < -0.39 is 5.41 Å². The second-order valence-corrected chi connectivity index (χ2v) is 9.51. The molecule has 0 aliphatic heterocycles. The van der Waals surface area contributed by atoms with Gasteiger partial charge in [-0.05, 0) is 56.6 Å². The molecule has 1 aromatic heterocycles. The molecule has 2 amide bonds. The Labute approximate surface area is 167 Å². The van der Waals surface area contributed by atoms with Crippen LogP contribution in [0.5, 0.6) is 0 Å². The van der Waals surface area contributed by atoms with E-state index >= 15 is 0 Å².